The van der Waals surface area contributed by atoms with Crippen molar-refractivity contribution in [1.29, 1.82) is 0 Å². The Morgan fingerprint density at radius 3 is 1.66 bits per heavy atom. The number of nitrogens with zero attached hydrogens (tertiary/aromatic N) is 5. The maximum Gasteiger partial charge on any atom is 0.534 e. The van der Waals surface area contributed by atoms with Crippen LogP contribution in [-0.4, -0.2) is 48.9 Å². The van der Waals surface area contributed by atoms with Gasteiger partial charge in [0, 0.05) is 53.9 Å². The number of halogens is 3. The minimum absolute atomic E-state index is 0.157. The lowest BCUT2D eigenvalue weighted by Gasteiger charge is -2.07. The van der Waals surface area contributed by atoms with Gasteiger partial charge in [-0.15, -0.1) is 22.7 Å². The first kappa shape index (κ1) is 34.4. The molecule has 5 rings (SSSR count). The Morgan fingerprint density at radius 2 is 1.27 bits per heavy atom. The van der Waals surface area contributed by atoms with E-state index < -0.39 is 21.5 Å². The second-order valence-electron chi connectivity index (χ2n) is 8.28. The Kier molecular flexibility index (Phi) is 12.2. The standard InChI is InChI=1S/C11H9F3N2O3S2.C10H10N2OS.C6H6N2S/c1-2-8-9(19-21(17,18)11(12,13)14)16-10(20-8)7-3-5-15-6-4-7;1-2-8-9(13)12-10(14-8)7-3-5-11-6-4-7;7-6(9)5-1-3-8-4-2-5/h3-6H,2H2,1H3;3-6,13H,2H2,1H3;1-4H,(H2,7,9). The third kappa shape index (κ3) is 9.47. The molecular formula is C27H25F3N6O4S4. The van der Waals surface area contributed by atoms with E-state index in [9.17, 15) is 26.7 Å². The summed E-state index contributed by atoms with van der Waals surface area (Å²) in [5.74, 6) is -0.379. The van der Waals surface area contributed by atoms with Crippen LogP contribution in [0.1, 0.15) is 29.2 Å². The molecule has 0 aliphatic heterocycles. The monoisotopic (exact) mass is 682 g/mol. The summed E-state index contributed by atoms with van der Waals surface area (Å²) in [6.07, 6.45) is 10.9. The van der Waals surface area contributed by atoms with Gasteiger partial charge < -0.3 is 15.0 Å². The second kappa shape index (κ2) is 15.6. The van der Waals surface area contributed by atoms with Crippen molar-refractivity contribution >= 4 is 50.0 Å². The molecule has 0 aliphatic carbocycles. The van der Waals surface area contributed by atoms with Crippen molar-refractivity contribution in [2.75, 3.05) is 0 Å². The van der Waals surface area contributed by atoms with Crippen LogP contribution in [0.4, 0.5) is 13.2 Å². The predicted octanol–water partition coefficient (Wildman–Crippen LogP) is 6.18. The molecule has 5 heterocycles. The molecule has 0 atom stereocenters. The molecular weight excluding hydrogens is 658 g/mol. The van der Waals surface area contributed by atoms with Crippen LogP contribution in [0, 0.1) is 0 Å². The minimum Gasteiger partial charge on any atom is -0.492 e. The molecule has 5 aromatic rings. The highest BCUT2D eigenvalue weighted by molar-refractivity contribution is 7.88. The fourth-order valence-corrected chi connectivity index (χ4v) is 5.57. The molecule has 0 saturated carbocycles. The van der Waals surface area contributed by atoms with Gasteiger partial charge in [0.2, 0.25) is 11.8 Å². The number of aromatic nitrogens is 5. The highest BCUT2D eigenvalue weighted by Crippen LogP contribution is 2.35. The van der Waals surface area contributed by atoms with Gasteiger partial charge in [-0.05, 0) is 49.2 Å². The van der Waals surface area contributed by atoms with Crippen LogP contribution in [0.5, 0.6) is 11.8 Å². The average Bonchev–Trinajstić information content (AvgIpc) is 3.61. The number of aryl methyl sites for hydroxylation is 2. The van der Waals surface area contributed by atoms with Crippen LogP contribution in [0.25, 0.3) is 21.1 Å². The molecule has 0 radical (unpaired) electrons. The summed E-state index contributed by atoms with van der Waals surface area (Å²) in [6, 6.07) is 10.6. The highest BCUT2D eigenvalue weighted by Gasteiger charge is 2.49. The number of thiocarbonyl (C=S) groups is 1. The molecule has 5 aromatic heterocycles. The van der Waals surface area contributed by atoms with E-state index in [2.05, 4.69) is 29.1 Å². The third-order valence-electron chi connectivity index (χ3n) is 5.27. The molecule has 0 bridgehead atoms. The summed E-state index contributed by atoms with van der Waals surface area (Å²) in [6.45, 7) is 3.67. The summed E-state index contributed by atoms with van der Waals surface area (Å²) in [5, 5.41) is 10.7. The lowest BCUT2D eigenvalue weighted by atomic mass is 10.3. The first-order valence-electron chi connectivity index (χ1n) is 12.6. The molecule has 3 N–H and O–H groups in total. The average molecular weight is 683 g/mol. The first-order chi connectivity index (χ1) is 20.9. The molecule has 0 aliphatic rings. The van der Waals surface area contributed by atoms with E-state index in [1.165, 1.54) is 23.7 Å². The molecule has 44 heavy (non-hydrogen) atoms. The topological polar surface area (TPSA) is 154 Å². The van der Waals surface area contributed by atoms with Gasteiger partial charge in [-0.1, -0.05) is 26.1 Å². The summed E-state index contributed by atoms with van der Waals surface area (Å²) < 4.78 is 63.2. The third-order valence-corrected chi connectivity index (χ3v) is 8.92. The Bertz CT molecular complexity index is 1750. The number of pyridine rings is 3. The number of thiazole rings is 2. The van der Waals surface area contributed by atoms with Gasteiger partial charge in [0.1, 0.15) is 15.0 Å². The fourth-order valence-electron chi connectivity index (χ4n) is 3.10. The molecule has 0 spiro atoms. The smallest absolute Gasteiger partial charge is 0.492 e. The summed E-state index contributed by atoms with van der Waals surface area (Å²) in [5.41, 5.74) is 2.31. The molecule has 10 nitrogen and oxygen atoms in total. The molecule has 0 fully saturated rings. The number of rotatable bonds is 7. The molecule has 17 heteroatoms. The van der Waals surface area contributed by atoms with Crippen molar-refractivity contribution in [2.24, 2.45) is 5.73 Å². The molecule has 0 amide bonds. The van der Waals surface area contributed by atoms with Gasteiger partial charge in [-0.25, -0.2) is 9.97 Å². The second-order valence-corrected chi connectivity index (χ2v) is 12.4. The largest absolute Gasteiger partial charge is 0.534 e. The lowest BCUT2D eigenvalue weighted by Crippen LogP contribution is -2.28. The Balaban J connectivity index is 0.000000197. The molecule has 0 unspecified atom stereocenters. The van der Waals surface area contributed by atoms with E-state index in [1.54, 1.807) is 56.0 Å². The van der Waals surface area contributed by atoms with Crippen LogP contribution in [0.3, 0.4) is 0 Å². The fraction of sp³-hybridized carbons (Fsp3) is 0.185. The van der Waals surface area contributed by atoms with E-state index in [1.807, 2.05) is 19.1 Å². The van der Waals surface area contributed by atoms with Gasteiger partial charge >= 0.3 is 15.6 Å². The summed E-state index contributed by atoms with van der Waals surface area (Å²) in [4.78, 5) is 21.2. The number of hydrogen-bond donors (Lipinski definition) is 2. The van der Waals surface area contributed by atoms with E-state index in [-0.39, 0.29) is 5.88 Å². The minimum atomic E-state index is -5.72. The summed E-state index contributed by atoms with van der Waals surface area (Å²) >= 11 is 7.30. The van der Waals surface area contributed by atoms with Crippen molar-refractivity contribution in [3.05, 3.63) is 88.9 Å². The highest BCUT2D eigenvalue weighted by atomic mass is 32.2. The maximum atomic E-state index is 12.3. The van der Waals surface area contributed by atoms with E-state index in [0.717, 1.165) is 38.8 Å². The number of alkyl halides is 3. The van der Waals surface area contributed by atoms with Crippen LogP contribution >= 0.6 is 34.9 Å². The van der Waals surface area contributed by atoms with Crippen LogP contribution in [-0.2, 0) is 23.0 Å². The zero-order chi connectivity index (χ0) is 32.3. The zero-order valence-corrected chi connectivity index (χ0v) is 26.4. The van der Waals surface area contributed by atoms with Gasteiger partial charge in [-0.2, -0.15) is 21.6 Å². The van der Waals surface area contributed by atoms with E-state index in [4.69, 9.17) is 18.0 Å². The normalized spacial score (nSPS) is 11.0. The molecule has 0 saturated heterocycles. The van der Waals surface area contributed by atoms with Crippen molar-refractivity contribution in [1.82, 2.24) is 24.9 Å². The van der Waals surface area contributed by atoms with Gasteiger partial charge in [-0.3, -0.25) is 15.0 Å². The van der Waals surface area contributed by atoms with Crippen molar-refractivity contribution < 1.29 is 30.9 Å². The molecule has 0 aromatic carbocycles. The van der Waals surface area contributed by atoms with Crippen molar-refractivity contribution in [3.8, 4) is 32.9 Å². The van der Waals surface area contributed by atoms with Crippen molar-refractivity contribution in [2.45, 2.75) is 32.2 Å². The quantitative estimate of drug-likeness (QED) is 0.115. The lowest BCUT2D eigenvalue weighted by molar-refractivity contribution is -0.0501. The predicted molar refractivity (Wildman–Crippen MR) is 167 cm³/mol. The summed E-state index contributed by atoms with van der Waals surface area (Å²) in [7, 11) is -5.72. The number of hydrogen-bond acceptors (Lipinski definition) is 12. The number of nitrogens with two attached hydrogens (primary N) is 1. The Morgan fingerprint density at radius 1 is 0.841 bits per heavy atom. The SMILES string of the molecule is CCc1sc(-c2ccncc2)nc1O.CCc1sc(-c2ccncc2)nc1OS(=O)(=O)C(F)(F)F.NC(=S)c1ccncc1. The Labute approximate surface area is 264 Å². The van der Waals surface area contributed by atoms with E-state index in [0.29, 0.717) is 26.9 Å². The van der Waals surface area contributed by atoms with Crippen LogP contribution in [0.15, 0.2) is 73.6 Å². The maximum absolute atomic E-state index is 12.3. The number of aromatic hydroxyl groups is 1. The first-order valence-corrected chi connectivity index (χ1v) is 16.0. The van der Waals surface area contributed by atoms with E-state index >= 15 is 0 Å². The van der Waals surface area contributed by atoms with Gasteiger partial charge in [0.05, 0.1) is 9.75 Å². The van der Waals surface area contributed by atoms with Gasteiger partial charge in [0.15, 0.2) is 0 Å². The van der Waals surface area contributed by atoms with Crippen LogP contribution < -0.4 is 9.92 Å². The van der Waals surface area contributed by atoms with Gasteiger partial charge in [0.25, 0.3) is 0 Å². The Hall–Kier alpha value is -4.06. The molecule has 232 valence electrons. The zero-order valence-electron chi connectivity index (χ0n) is 23.1. The van der Waals surface area contributed by atoms with Crippen LogP contribution in [0.2, 0.25) is 0 Å². The van der Waals surface area contributed by atoms with Crippen molar-refractivity contribution in [3.63, 3.8) is 0 Å².